The first kappa shape index (κ1) is 21.3. The summed E-state index contributed by atoms with van der Waals surface area (Å²) in [6.07, 6.45) is 1.19. The minimum absolute atomic E-state index is 0.0456. The van der Waals surface area contributed by atoms with Crippen LogP contribution < -0.4 is 9.44 Å². The molecule has 1 aromatic carbocycles. The number of hydrogen-bond acceptors (Lipinski definition) is 5. The Kier molecular flexibility index (Phi) is 6.50. The van der Waals surface area contributed by atoms with Gasteiger partial charge in [0.25, 0.3) is 0 Å². The van der Waals surface area contributed by atoms with Crippen molar-refractivity contribution in [3.8, 4) is 0 Å². The van der Waals surface area contributed by atoms with Crippen molar-refractivity contribution >= 4 is 20.0 Å². The van der Waals surface area contributed by atoms with E-state index in [0.717, 1.165) is 0 Å². The van der Waals surface area contributed by atoms with Crippen LogP contribution in [0.3, 0.4) is 0 Å². The van der Waals surface area contributed by atoms with Gasteiger partial charge in [0.1, 0.15) is 0 Å². The van der Waals surface area contributed by atoms with Gasteiger partial charge < -0.3 is 4.74 Å². The molecule has 1 aromatic rings. The van der Waals surface area contributed by atoms with Crippen LogP contribution in [0, 0.1) is 5.92 Å². The van der Waals surface area contributed by atoms with Gasteiger partial charge in [-0.25, -0.2) is 26.3 Å². The molecule has 1 heterocycles. The standard InChI is InChI=1S/C17H28N2O5S2/c1-13(2)12-18-25(20,21)15-5-7-16(8-6-15)26(22,23)19-14-9-10-24-17(3,4)11-14/h5-8,13-14,18-19H,9-12H2,1-4H3/t14-/m0/s1. The Morgan fingerprint density at radius 1 is 1.08 bits per heavy atom. The van der Waals surface area contributed by atoms with Crippen LogP contribution in [0.25, 0.3) is 0 Å². The molecule has 1 fully saturated rings. The Hall–Kier alpha value is -1.00. The molecule has 0 amide bonds. The minimum Gasteiger partial charge on any atom is -0.375 e. The zero-order valence-corrected chi connectivity index (χ0v) is 17.3. The van der Waals surface area contributed by atoms with Crippen molar-refractivity contribution in [2.75, 3.05) is 13.2 Å². The monoisotopic (exact) mass is 404 g/mol. The van der Waals surface area contributed by atoms with E-state index in [1.54, 1.807) is 0 Å². The molecule has 1 saturated heterocycles. The fourth-order valence-corrected chi connectivity index (χ4v) is 5.26. The van der Waals surface area contributed by atoms with Gasteiger partial charge in [-0.05, 0) is 56.9 Å². The lowest BCUT2D eigenvalue weighted by atomic mass is 9.95. The fraction of sp³-hybridized carbons (Fsp3) is 0.647. The molecule has 0 spiro atoms. The first-order valence-corrected chi connectivity index (χ1v) is 11.6. The molecule has 0 saturated carbocycles. The molecule has 0 aliphatic carbocycles. The van der Waals surface area contributed by atoms with Crippen LogP contribution in [0.1, 0.15) is 40.5 Å². The third kappa shape index (κ3) is 5.75. The van der Waals surface area contributed by atoms with Gasteiger partial charge in [-0.1, -0.05) is 13.8 Å². The summed E-state index contributed by atoms with van der Waals surface area (Å²) in [5, 5.41) is 0. The van der Waals surface area contributed by atoms with Crippen LogP contribution in [0.5, 0.6) is 0 Å². The van der Waals surface area contributed by atoms with Crippen molar-refractivity contribution in [1.29, 1.82) is 0 Å². The summed E-state index contributed by atoms with van der Waals surface area (Å²) in [7, 11) is -7.36. The molecule has 2 N–H and O–H groups in total. The van der Waals surface area contributed by atoms with E-state index in [1.165, 1.54) is 24.3 Å². The molecular formula is C17H28N2O5S2. The zero-order valence-electron chi connectivity index (χ0n) is 15.7. The maximum Gasteiger partial charge on any atom is 0.240 e. The van der Waals surface area contributed by atoms with E-state index >= 15 is 0 Å². The van der Waals surface area contributed by atoms with Gasteiger partial charge in [-0.15, -0.1) is 0 Å². The van der Waals surface area contributed by atoms with E-state index in [-0.39, 0.29) is 27.4 Å². The van der Waals surface area contributed by atoms with E-state index in [1.807, 2.05) is 27.7 Å². The summed E-state index contributed by atoms with van der Waals surface area (Å²) >= 11 is 0. The second-order valence-corrected chi connectivity index (χ2v) is 11.1. The lowest BCUT2D eigenvalue weighted by molar-refractivity contribution is -0.0599. The van der Waals surface area contributed by atoms with Crippen molar-refractivity contribution in [3.05, 3.63) is 24.3 Å². The first-order valence-electron chi connectivity index (χ1n) is 8.67. The van der Waals surface area contributed by atoms with Gasteiger partial charge >= 0.3 is 0 Å². The quantitative estimate of drug-likeness (QED) is 0.722. The largest absolute Gasteiger partial charge is 0.375 e. The Morgan fingerprint density at radius 2 is 1.62 bits per heavy atom. The van der Waals surface area contributed by atoms with Crippen molar-refractivity contribution in [2.24, 2.45) is 5.92 Å². The molecule has 1 aliphatic heterocycles. The van der Waals surface area contributed by atoms with Crippen LogP contribution in [-0.2, 0) is 24.8 Å². The Labute approximate surface area is 156 Å². The van der Waals surface area contributed by atoms with E-state index in [0.29, 0.717) is 26.0 Å². The molecule has 0 bridgehead atoms. The average molecular weight is 405 g/mol. The molecule has 1 aliphatic rings. The summed E-state index contributed by atoms with van der Waals surface area (Å²) in [5.41, 5.74) is -0.370. The normalized spacial score (nSPS) is 21.0. The molecule has 0 unspecified atom stereocenters. The SMILES string of the molecule is CC(C)CNS(=O)(=O)c1ccc(S(=O)(=O)N[C@H]2CCOC(C)(C)C2)cc1. The van der Waals surface area contributed by atoms with Crippen LogP contribution >= 0.6 is 0 Å². The molecule has 1 atom stereocenters. The lowest BCUT2D eigenvalue weighted by Gasteiger charge is -2.35. The second-order valence-electron chi connectivity index (χ2n) is 7.64. The topological polar surface area (TPSA) is 102 Å². The maximum atomic E-state index is 12.6. The summed E-state index contributed by atoms with van der Waals surface area (Å²) < 4.78 is 60.3. The van der Waals surface area contributed by atoms with Gasteiger partial charge in [0.2, 0.25) is 20.0 Å². The molecular weight excluding hydrogens is 376 g/mol. The molecule has 2 rings (SSSR count). The van der Waals surface area contributed by atoms with Crippen LogP contribution in [-0.4, -0.2) is 41.6 Å². The Morgan fingerprint density at radius 3 is 2.12 bits per heavy atom. The smallest absolute Gasteiger partial charge is 0.240 e. The number of sulfonamides is 2. The maximum absolute atomic E-state index is 12.6. The van der Waals surface area contributed by atoms with Crippen molar-refractivity contribution in [1.82, 2.24) is 9.44 Å². The van der Waals surface area contributed by atoms with Gasteiger partial charge in [-0.2, -0.15) is 0 Å². The highest BCUT2D eigenvalue weighted by Gasteiger charge is 2.31. The van der Waals surface area contributed by atoms with Gasteiger partial charge in [0.15, 0.2) is 0 Å². The second kappa shape index (κ2) is 7.93. The third-order valence-electron chi connectivity index (χ3n) is 4.14. The lowest BCUT2D eigenvalue weighted by Crippen LogP contribution is -2.45. The molecule has 26 heavy (non-hydrogen) atoms. The van der Waals surface area contributed by atoms with Crippen molar-refractivity contribution in [2.45, 2.75) is 62.0 Å². The number of rotatable bonds is 7. The molecule has 148 valence electrons. The molecule has 7 nitrogen and oxygen atoms in total. The zero-order chi connectivity index (χ0) is 19.6. The molecule has 0 aromatic heterocycles. The van der Waals surface area contributed by atoms with E-state index in [4.69, 9.17) is 4.74 Å². The third-order valence-corrected chi connectivity index (χ3v) is 7.12. The first-order chi connectivity index (χ1) is 11.9. The number of nitrogens with one attached hydrogen (secondary N) is 2. The predicted molar refractivity (Wildman–Crippen MR) is 99.8 cm³/mol. The number of ether oxygens (including phenoxy) is 1. The Bertz CT molecular complexity index is 815. The number of benzene rings is 1. The Balaban J connectivity index is 2.11. The summed E-state index contributed by atoms with van der Waals surface area (Å²) in [6, 6.07) is 5.05. The minimum atomic E-state index is -3.72. The summed E-state index contributed by atoms with van der Waals surface area (Å²) in [6.45, 7) is 8.49. The highest BCUT2D eigenvalue weighted by atomic mass is 32.2. The average Bonchev–Trinajstić information content (AvgIpc) is 2.52. The highest BCUT2D eigenvalue weighted by molar-refractivity contribution is 7.90. The van der Waals surface area contributed by atoms with Crippen LogP contribution in [0.4, 0.5) is 0 Å². The fourth-order valence-electron chi connectivity index (χ4n) is 2.78. The van der Waals surface area contributed by atoms with Crippen molar-refractivity contribution < 1.29 is 21.6 Å². The van der Waals surface area contributed by atoms with Crippen molar-refractivity contribution in [3.63, 3.8) is 0 Å². The summed E-state index contributed by atoms with van der Waals surface area (Å²) in [5.74, 6) is 0.178. The van der Waals surface area contributed by atoms with Gasteiger partial charge in [0, 0.05) is 19.2 Å². The van der Waals surface area contributed by atoms with Gasteiger partial charge in [-0.3, -0.25) is 0 Å². The van der Waals surface area contributed by atoms with Gasteiger partial charge in [0.05, 0.1) is 15.4 Å². The summed E-state index contributed by atoms with van der Waals surface area (Å²) in [4.78, 5) is 0.0916. The highest BCUT2D eigenvalue weighted by Crippen LogP contribution is 2.25. The van der Waals surface area contributed by atoms with E-state index < -0.39 is 20.0 Å². The van der Waals surface area contributed by atoms with Crippen LogP contribution in [0.15, 0.2) is 34.1 Å². The van der Waals surface area contributed by atoms with Crippen LogP contribution in [0.2, 0.25) is 0 Å². The molecule has 0 radical (unpaired) electrons. The molecule has 9 heteroatoms. The van der Waals surface area contributed by atoms with E-state index in [2.05, 4.69) is 9.44 Å². The van der Waals surface area contributed by atoms with E-state index in [9.17, 15) is 16.8 Å². The predicted octanol–water partition coefficient (Wildman–Crippen LogP) is 1.86. The number of hydrogen-bond donors (Lipinski definition) is 2.